The van der Waals surface area contributed by atoms with Gasteiger partial charge in [0.1, 0.15) is 0 Å². The standard InChI is InChI=1S/C14H17N5/c1-3-8-19-14(13(16)10(2)18-19)17-12-6-4-11(9-15)5-7-12/h4-7,17H,3,8,16H2,1-2H3. The van der Waals surface area contributed by atoms with Crippen molar-refractivity contribution in [3.63, 3.8) is 0 Å². The van der Waals surface area contributed by atoms with Gasteiger partial charge in [-0.3, -0.25) is 0 Å². The first-order valence-electron chi connectivity index (χ1n) is 6.25. The molecule has 0 amide bonds. The van der Waals surface area contributed by atoms with E-state index in [1.54, 1.807) is 12.1 Å². The first-order valence-corrected chi connectivity index (χ1v) is 6.25. The van der Waals surface area contributed by atoms with Crippen molar-refractivity contribution in [2.45, 2.75) is 26.8 Å². The molecule has 19 heavy (non-hydrogen) atoms. The number of benzene rings is 1. The molecule has 0 atom stereocenters. The quantitative estimate of drug-likeness (QED) is 0.880. The van der Waals surface area contributed by atoms with Crippen molar-refractivity contribution in [2.24, 2.45) is 0 Å². The Morgan fingerprint density at radius 2 is 2.05 bits per heavy atom. The van der Waals surface area contributed by atoms with E-state index in [4.69, 9.17) is 11.0 Å². The van der Waals surface area contributed by atoms with Crippen molar-refractivity contribution in [3.05, 3.63) is 35.5 Å². The molecule has 0 aliphatic carbocycles. The highest BCUT2D eigenvalue weighted by Gasteiger charge is 2.11. The van der Waals surface area contributed by atoms with Crippen LogP contribution in [0, 0.1) is 18.3 Å². The summed E-state index contributed by atoms with van der Waals surface area (Å²) in [6.07, 6.45) is 0.989. The third-order valence-corrected chi connectivity index (χ3v) is 2.89. The molecule has 2 aromatic rings. The Kier molecular flexibility index (Phi) is 3.71. The molecule has 0 saturated carbocycles. The van der Waals surface area contributed by atoms with Crippen LogP contribution in [0.1, 0.15) is 24.6 Å². The largest absolute Gasteiger partial charge is 0.394 e. The van der Waals surface area contributed by atoms with Gasteiger partial charge in [-0.1, -0.05) is 6.92 Å². The maximum Gasteiger partial charge on any atom is 0.152 e. The van der Waals surface area contributed by atoms with E-state index in [0.29, 0.717) is 11.3 Å². The predicted octanol–water partition coefficient (Wildman–Crippen LogP) is 2.80. The molecule has 0 fully saturated rings. The van der Waals surface area contributed by atoms with Crippen molar-refractivity contribution in [1.29, 1.82) is 5.26 Å². The summed E-state index contributed by atoms with van der Waals surface area (Å²) in [5.41, 5.74) is 9.06. The van der Waals surface area contributed by atoms with Crippen molar-refractivity contribution in [1.82, 2.24) is 9.78 Å². The lowest BCUT2D eigenvalue weighted by atomic mass is 10.2. The number of aromatic nitrogens is 2. The number of nitrogens with zero attached hydrogens (tertiary/aromatic N) is 3. The number of aryl methyl sites for hydroxylation is 2. The van der Waals surface area contributed by atoms with E-state index in [-0.39, 0.29) is 0 Å². The van der Waals surface area contributed by atoms with Crippen molar-refractivity contribution < 1.29 is 0 Å². The van der Waals surface area contributed by atoms with Gasteiger partial charge in [-0.05, 0) is 37.6 Å². The third-order valence-electron chi connectivity index (χ3n) is 2.89. The lowest BCUT2D eigenvalue weighted by Crippen LogP contribution is -2.05. The molecule has 0 radical (unpaired) electrons. The fourth-order valence-electron chi connectivity index (χ4n) is 1.87. The van der Waals surface area contributed by atoms with Gasteiger partial charge in [-0.2, -0.15) is 10.4 Å². The van der Waals surface area contributed by atoms with Gasteiger partial charge in [0.15, 0.2) is 5.82 Å². The summed E-state index contributed by atoms with van der Waals surface area (Å²) in [4.78, 5) is 0. The van der Waals surface area contributed by atoms with E-state index in [0.717, 1.165) is 30.2 Å². The van der Waals surface area contributed by atoms with Crippen molar-refractivity contribution in [2.75, 3.05) is 11.1 Å². The number of anilines is 3. The molecule has 5 nitrogen and oxygen atoms in total. The number of nitriles is 1. The SMILES string of the molecule is CCCn1nc(C)c(N)c1Nc1ccc(C#N)cc1. The Labute approximate surface area is 112 Å². The van der Waals surface area contributed by atoms with E-state index in [9.17, 15) is 0 Å². The van der Waals surface area contributed by atoms with E-state index in [1.165, 1.54) is 0 Å². The monoisotopic (exact) mass is 255 g/mol. The maximum absolute atomic E-state index is 8.78. The summed E-state index contributed by atoms with van der Waals surface area (Å²) in [5.74, 6) is 0.809. The maximum atomic E-state index is 8.78. The fraction of sp³-hybridized carbons (Fsp3) is 0.286. The van der Waals surface area contributed by atoms with Gasteiger partial charge < -0.3 is 11.1 Å². The molecule has 1 aromatic heterocycles. The van der Waals surface area contributed by atoms with Crippen LogP contribution in [-0.4, -0.2) is 9.78 Å². The smallest absolute Gasteiger partial charge is 0.152 e. The Morgan fingerprint density at radius 1 is 1.37 bits per heavy atom. The predicted molar refractivity (Wildman–Crippen MR) is 76.1 cm³/mol. The average molecular weight is 255 g/mol. The lowest BCUT2D eigenvalue weighted by molar-refractivity contribution is 0.605. The highest BCUT2D eigenvalue weighted by Crippen LogP contribution is 2.26. The molecule has 0 saturated heterocycles. The molecule has 0 spiro atoms. The first kappa shape index (κ1) is 13.0. The molecule has 5 heteroatoms. The summed E-state index contributed by atoms with van der Waals surface area (Å²) in [6.45, 7) is 4.81. The van der Waals surface area contributed by atoms with Gasteiger partial charge in [0.25, 0.3) is 0 Å². The summed E-state index contributed by atoms with van der Waals surface area (Å²) in [6, 6.07) is 9.35. The number of nitrogens with two attached hydrogens (primary N) is 1. The van der Waals surface area contributed by atoms with Gasteiger partial charge in [0, 0.05) is 12.2 Å². The summed E-state index contributed by atoms with van der Waals surface area (Å²) < 4.78 is 1.88. The highest BCUT2D eigenvalue weighted by atomic mass is 15.3. The first-order chi connectivity index (χ1) is 9.15. The zero-order chi connectivity index (χ0) is 13.8. The Balaban J connectivity index is 2.29. The summed E-state index contributed by atoms with van der Waals surface area (Å²) >= 11 is 0. The van der Waals surface area contributed by atoms with Gasteiger partial charge in [0.2, 0.25) is 0 Å². The molecular formula is C14H17N5. The second kappa shape index (κ2) is 5.44. The number of hydrogen-bond donors (Lipinski definition) is 2. The van der Waals surface area contributed by atoms with Crippen LogP contribution in [-0.2, 0) is 6.54 Å². The van der Waals surface area contributed by atoms with Crippen LogP contribution in [0.5, 0.6) is 0 Å². The fourth-order valence-corrected chi connectivity index (χ4v) is 1.87. The van der Waals surface area contributed by atoms with Gasteiger partial charge in [-0.25, -0.2) is 4.68 Å². The molecule has 0 aliphatic rings. The number of rotatable bonds is 4. The van der Waals surface area contributed by atoms with Crippen LogP contribution in [0.2, 0.25) is 0 Å². The van der Waals surface area contributed by atoms with Crippen LogP contribution >= 0.6 is 0 Å². The molecule has 3 N–H and O–H groups in total. The number of nitrogen functional groups attached to an aromatic ring is 1. The van der Waals surface area contributed by atoms with E-state index < -0.39 is 0 Å². The number of nitrogens with one attached hydrogen (secondary N) is 1. The van der Waals surface area contributed by atoms with Crippen LogP contribution in [0.25, 0.3) is 0 Å². The van der Waals surface area contributed by atoms with Gasteiger partial charge >= 0.3 is 0 Å². The minimum Gasteiger partial charge on any atom is -0.394 e. The topological polar surface area (TPSA) is 79.7 Å². The molecule has 0 unspecified atom stereocenters. The van der Waals surface area contributed by atoms with Crippen LogP contribution in [0.4, 0.5) is 17.2 Å². The lowest BCUT2D eigenvalue weighted by Gasteiger charge is -2.10. The average Bonchev–Trinajstić information content (AvgIpc) is 2.68. The van der Waals surface area contributed by atoms with E-state index in [1.807, 2.05) is 23.7 Å². The van der Waals surface area contributed by atoms with Crippen molar-refractivity contribution >= 4 is 17.2 Å². The second-order valence-corrected chi connectivity index (χ2v) is 4.38. The Hall–Kier alpha value is -2.48. The minimum atomic E-state index is 0.636. The highest BCUT2D eigenvalue weighted by molar-refractivity contribution is 5.71. The molecule has 0 aliphatic heterocycles. The van der Waals surface area contributed by atoms with Crippen molar-refractivity contribution in [3.8, 4) is 6.07 Å². The van der Waals surface area contributed by atoms with E-state index in [2.05, 4.69) is 23.4 Å². The van der Waals surface area contributed by atoms with Crippen LogP contribution in [0.15, 0.2) is 24.3 Å². The molecule has 1 heterocycles. The zero-order valence-corrected chi connectivity index (χ0v) is 11.1. The second-order valence-electron chi connectivity index (χ2n) is 4.38. The molecule has 0 bridgehead atoms. The minimum absolute atomic E-state index is 0.636. The van der Waals surface area contributed by atoms with E-state index >= 15 is 0 Å². The Bertz CT molecular complexity index is 604. The van der Waals surface area contributed by atoms with Gasteiger partial charge in [-0.15, -0.1) is 0 Å². The van der Waals surface area contributed by atoms with Gasteiger partial charge in [0.05, 0.1) is 23.0 Å². The Morgan fingerprint density at radius 3 is 2.63 bits per heavy atom. The van der Waals surface area contributed by atoms with Crippen LogP contribution in [0.3, 0.4) is 0 Å². The summed E-state index contributed by atoms with van der Waals surface area (Å²) in [7, 11) is 0. The summed E-state index contributed by atoms with van der Waals surface area (Å²) in [5, 5.41) is 16.4. The number of hydrogen-bond acceptors (Lipinski definition) is 4. The normalized spacial score (nSPS) is 10.2. The molecule has 98 valence electrons. The molecular weight excluding hydrogens is 238 g/mol. The third kappa shape index (κ3) is 2.68. The molecule has 1 aromatic carbocycles. The van der Waals surface area contributed by atoms with Crippen LogP contribution < -0.4 is 11.1 Å². The zero-order valence-electron chi connectivity index (χ0n) is 11.1. The molecule has 2 rings (SSSR count).